The highest BCUT2D eigenvalue weighted by Crippen LogP contribution is 2.39. The van der Waals surface area contributed by atoms with Gasteiger partial charge < -0.3 is 9.88 Å². The molecule has 1 aliphatic rings. The summed E-state index contributed by atoms with van der Waals surface area (Å²) in [6.45, 7) is 1.62. The van der Waals surface area contributed by atoms with E-state index < -0.39 is 0 Å². The van der Waals surface area contributed by atoms with Gasteiger partial charge in [-0.2, -0.15) is 0 Å². The van der Waals surface area contributed by atoms with E-state index in [1.807, 2.05) is 35.5 Å². The highest BCUT2D eigenvalue weighted by molar-refractivity contribution is 5.97. The molecule has 4 aromatic rings. The van der Waals surface area contributed by atoms with Crippen molar-refractivity contribution in [1.29, 1.82) is 0 Å². The summed E-state index contributed by atoms with van der Waals surface area (Å²) in [5.74, 6) is 0.292. The molecule has 3 aromatic heterocycles. The van der Waals surface area contributed by atoms with Crippen LogP contribution in [0.5, 0.6) is 0 Å². The van der Waals surface area contributed by atoms with Crippen molar-refractivity contribution in [1.82, 2.24) is 35.1 Å². The number of aromatic amines is 1. The minimum absolute atomic E-state index is 0.0450. The number of tetrazole rings is 1. The van der Waals surface area contributed by atoms with Crippen LogP contribution in [0.15, 0.2) is 55.1 Å². The molecule has 8 nitrogen and oxygen atoms in total. The van der Waals surface area contributed by atoms with E-state index in [0.717, 1.165) is 30.5 Å². The van der Waals surface area contributed by atoms with Crippen LogP contribution in [0.2, 0.25) is 0 Å². The zero-order valence-electron chi connectivity index (χ0n) is 15.9. The third kappa shape index (κ3) is 3.37. The molecule has 0 bridgehead atoms. The van der Waals surface area contributed by atoms with Gasteiger partial charge in [0.05, 0.1) is 0 Å². The monoisotopic (exact) mass is 387 g/mol. The van der Waals surface area contributed by atoms with E-state index in [4.69, 9.17) is 0 Å². The van der Waals surface area contributed by atoms with Gasteiger partial charge in [-0.15, -0.1) is 5.10 Å². The summed E-state index contributed by atoms with van der Waals surface area (Å²) in [6.07, 6.45) is 7.13. The van der Waals surface area contributed by atoms with E-state index >= 15 is 0 Å². The number of likely N-dealkylation sites (tertiary alicyclic amines) is 1. The zero-order valence-corrected chi connectivity index (χ0v) is 15.9. The second-order valence-corrected chi connectivity index (χ2v) is 7.38. The fraction of sp³-hybridized carbons (Fsp3) is 0.286. The minimum atomic E-state index is 0.0450. The van der Waals surface area contributed by atoms with Crippen molar-refractivity contribution in [3.8, 4) is 11.1 Å². The number of carbonyl (C=O) groups excluding carboxylic acids is 1. The van der Waals surface area contributed by atoms with Crippen LogP contribution >= 0.6 is 0 Å². The summed E-state index contributed by atoms with van der Waals surface area (Å²) in [4.78, 5) is 22.5. The van der Waals surface area contributed by atoms with Gasteiger partial charge in [0, 0.05) is 53.6 Å². The highest BCUT2D eigenvalue weighted by atomic mass is 16.2. The van der Waals surface area contributed by atoms with Crippen LogP contribution in [0.4, 0.5) is 0 Å². The third-order valence-electron chi connectivity index (χ3n) is 5.58. The standard InChI is InChI=1S/C21H21N7O/c29-19(13-28-14-23-25-26-28)27-11-3-4-16(12-27)21-20(15-7-9-22-10-8-15)17-5-1-2-6-18(17)24-21/h1-2,5-10,14,16,24H,3-4,11-13H2. The molecule has 1 saturated heterocycles. The van der Waals surface area contributed by atoms with E-state index in [1.165, 1.54) is 27.7 Å². The SMILES string of the molecule is O=C(Cn1cnnn1)N1CCCC(c2[nH]c3ccccc3c2-c2ccncc2)C1. The Labute approximate surface area is 167 Å². The summed E-state index contributed by atoms with van der Waals surface area (Å²) in [7, 11) is 0. The number of carbonyl (C=O) groups is 1. The molecule has 0 aliphatic carbocycles. The maximum atomic E-state index is 12.8. The van der Waals surface area contributed by atoms with Crippen molar-refractivity contribution in [3.05, 3.63) is 60.8 Å². The first-order valence-corrected chi connectivity index (χ1v) is 9.79. The predicted octanol–water partition coefficient (Wildman–Crippen LogP) is 2.62. The first-order chi connectivity index (χ1) is 14.3. The first kappa shape index (κ1) is 17.5. The van der Waals surface area contributed by atoms with E-state index in [0.29, 0.717) is 6.54 Å². The number of H-pyrrole nitrogens is 1. The maximum absolute atomic E-state index is 12.8. The lowest BCUT2D eigenvalue weighted by molar-refractivity contribution is -0.133. The van der Waals surface area contributed by atoms with Gasteiger partial charge in [0.25, 0.3) is 0 Å². The molecule has 146 valence electrons. The fourth-order valence-electron chi connectivity index (χ4n) is 4.23. The topological polar surface area (TPSA) is 92.6 Å². The summed E-state index contributed by atoms with van der Waals surface area (Å²) < 4.78 is 1.47. The summed E-state index contributed by atoms with van der Waals surface area (Å²) in [5, 5.41) is 12.2. The van der Waals surface area contributed by atoms with Crippen molar-refractivity contribution in [3.63, 3.8) is 0 Å². The molecular weight excluding hydrogens is 366 g/mol. The van der Waals surface area contributed by atoms with Gasteiger partial charge in [-0.3, -0.25) is 9.78 Å². The third-order valence-corrected chi connectivity index (χ3v) is 5.58. The van der Waals surface area contributed by atoms with Crippen LogP contribution in [-0.4, -0.2) is 54.1 Å². The van der Waals surface area contributed by atoms with E-state index in [9.17, 15) is 4.79 Å². The second-order valence-electron chi connectivity index (χ2n) is 7.38. The molecule has 0 spiro atoms. The number of fused-ring (bicyclic) bond motifs is 1. The Bertz CT molecular complexity index is 1120. The Morgan fingerprint density at radius 3 is 2.86 bits per heavy atom. The van der Waals surface area contributed by atoms with Gasteiger partial charge in [0.2, 0.25) is 5.91 Å². The van der Waals surface area contributed by atoms with Crippen molar-refractivity contribution < 1.29 is 4.79 Å². The van der Waals surface area contributed by atoms with Gasteiger partial charge in [0.15, 0.2) is 0 Å². The molecule has 1 unspecified atom stereocenters. The van der Waals surface area contributed by atoms with Gasteiger partial charge in [0.1, 0.15) is 12.9 Å². The van der Waals surface area contributed by atoms with E-state index in [1.54, 1.807) is 0 Å². The number of piperidine rings is 1. The first-order valence-electron chi connectivity index (χ1n) is 9.79. The van der Waals surface area contributed by atoms with Crippen molar-refractivity contribution in [2.45, 2.75) is 25.3 Å². The van der Waals surface area contributed by atoms with Crippen LogP contribution in [0.3, 0.4) is 0 Å². The second kappa shape index (κ2) is 7.46. The molecule has 1 aliphatic heterocycles. The molecular formula is C21H21N7O. The quantitative estimate of drug-likeness (QED) is 0.581. The van der Waals surface area contributed by atoms with E-state index in [-0.39, 0.29) is 18.4 Å². The number of rotatable bonds is 4. The van der Waals surface area contributed by atoms with Gasteiger partial charge in [-0.05, 0) is 47.0 Å². The molecule has 1 amide bonds. The van der Waals surface area contributed by atoms with Crippen LogP contribution in [0, 0.1) is 0 Å². The number of benzene rings is 1. The molecule has 1 fully saturated rings. The van der Waals surface area contributed by atoms with Gasteiger partial charge >= 0.3 is 0 Å². The van der Waals surface area contributed by atoms with Gasteiger partial charge in [-0.1, -0.05) is 18.2 Å². The molecule has 4 heterocycles. The number of nitrogens with one attached hydrogen (secondary N) is 1. The number of para-hydroxylation sites is 1. The number of amides is 1. The smallest absolute Gasteiger partial charge is 0.244 e. The number of hydrogen-bond donors (Lipinski definition) is 1. The lowest BCUT2D eigenvalue weighted by Crippen LogP contribution is -2.41. The predicted molar refractivity (Wildman–Crippen MR) is 108 cm³/mol. The summed E-state index contributed by atoms with van der Waals surface area (Å²) in [6, 6.07) is 12.4. The molecule has 5 rings (SSSR count). The number of nitrogens with zero attached hydrogens (tertiary/aromatic N) is 6. The average Bonchev–Trinajstić information content (AvgIpc) is 3.42. The Kier molecular flexibility index (Phi) is 4.51. The van der Waals surface area contributed by atoms with Crippen LogP contribution in [0.1, 0.15) is 24.5 Å². The summed E-state index contributed by atoms with van der Waals surface area (Å²) >= 11 is 0. The number of aromatic nitrogens is 6. The van der Waals surface area contributed by atoms with Crippen molar-refractivity contribution in [2.24, 2.45) is 0 Å². The van der Waals surface area contributed by atoms with Gasteiger partial charge in [-0.25, -0.2) is 4.68 Å². The Balaban J connectivity index is 1.48. The van der Waals surface area contributed by atoms with Crippen LogP contribution < -0.4 is 0 Å². The Morgan fingerprint density at radius 2 is 2.03 bits per heavy atom. The molecule has 1 atom stereocenters. The van der Waals surface area contributed by atoms with E-state index in [2.05, 4.69) is 43.7 Å². The Hall–Kier alpha value is -3.55. The van der Waals surface area contributed by atoms with Crippen molar-refractivity contribution >= 4 is 16.8 Å². The zero-order chi connectivity index (χ0) is 19.6. The van der Waals surface area contributed by atoms with Crippen molar-refractivity contribution in [2.75, 3.05) is 13.1 Å². The lowest BCUT2D eigenvalue weighted by Gasteiger charge is -2.33. The Morgan fingerprint density at radius 1 is 1.17 bits per heavy atom. The maximum Gasteiger partial charge on any atom is 0.244 e. The molecule has 8 heteroatoms. The largest absolute Gasteiger partial charge is 0.358 e. The minimum Gasteiger partial charge on any atom is -0.358 e. The van der Waals surface area contributed by atoms with Crippen LogP contribution in [0.25, 0.3) is 22.0 Å². The number of pyridine rings is 1. The molecule has 0 radical (unpaired) electrons. The normalized spacial score (nSPS) is 17.0. The lowest BCUT2D eigenvalue weighted by atomic mass is 9.89. The van der Waals surface area contributed by atoms with Crippen LogP contribution in [-0.2, 0) is 11.3 Å². The molecule has 1 aromatic carbocycles. The molecule has 1 N–H and O–H groups in total. The average molecular weight is 387 g/mol. The molecule has 29 heavy (non-hydrogen) atoms. The number of hydrogen-bond acceptors (Lipinski definition) is 5. The molecule has 0 saturated carbocycles. The summed E-state index contributed by atoms with van der Waals surface area (Å²) in [5.41, 5.74) is 4.66. The highest BCUT2D eigenvalue weighted by Gasteiger charge is 2.28. The fourth-order valence-corrected chi connectivity index (χ4v) is 4.23.